The van der Waals surface area contributed by atoms with E-state index < -0.39 is 0 Å². The molecular weight excluding hydrogens is 298 g/mol. The fourth-order valence-corrected chi connectivity index (χ4v) is 3.65. The van der Waals surface area contributed by atoms with E-state index in [4.69, 9.17) is 0 Å². The molecule has 1 fully saturated rings. The lowest BCUT2D eigenvalue weighted by Crippen LogP contribution is -2.40. The zero-order valence-corrected chi connectivity index (χ0v) is 15.3. The maximum absolute atomic E-state index is 4.68. The molecule has 5 heteroatoms. The second-order valence-corrected chi connectivity index (χ2v) is 7.41. The fourth-order valence-electron chi connectivity index (χ4n) is 3.65. The van der Waals surface area contributed by atoms with Crippen molar-refractivity contribution in [3.63, 3.8) is 0 Å². The van der Waals surface area contributed by atoms with Crippen molar-refractivity contribution >= 4 is 0 Å². The highest BCUT2D eigenvalue weighted by Gasteiger charge is 2.24. The van der Waals surface area contributed by atoms with E-state index in [2.05, 4.69) is 53.7 Å². The molecule has 3 rings (SSSR count). The standard InChI is InChI=1S/C19H29N5/c1-14(2)23-11-5-6-16(13-23)12-17-19(21-10-9-20-17)18-7-8-22-24(18)15(3)4/h7-10,14-16H,5-6,11-13H2,1-4H3. The van der Waals surface area contributed by atoms with Crippen molar-refractivity contribution in [1.29, 1.82) is 0 Å². The van der Waals surface area contributed by atoms with Crippen molar-refractivity contribution in [2.45, 2.75) is 59.0 Å². The molecule has 24 heavy (non-hydrogen) atoms. The first-order chi connectivity index (χ1) is 11.6. The number of likely N-dealkylation sites (tertiary alicyclic amines) is 1. The zero-order valence-electron chi connectivity index (χ0n) is 15.3. The van der Waals surface area contributed by atoms with Crippen molar-refractivity contribution in [2.75, 3.05) is 13.1 Å². The number of hydrogen-bond donors (Lipinski definition) is 0. The van der Waals surface area contributed by atoms with Gasteiger partial charge in [0.2, 0.25) is 0 Å². The summed E-state index contributed by atoms with van der Waals surface area (Å²) in [5.74, 6) is 0.659. The van der Waals surface area contributed by atoms with Crippen molar-refractivity contribution in [1.82, 2.24) is 24.6 Å². The van der Waals surface area contributed by atoms with Gasteiger partial charge in [0, 0.05) is 37.2 Å². The van der Waals surface area contributed by atoms with Gasteiger partial charge in [0.05, 0.1) is 11.4 Å². The van der Waals surface area contributed by atoms with Gasteiger partial charge in [-0.3, -0.25) is 14.6 Å². The number of hydrogen-bond acceptors (Lipinski definition) is 4. The SMILES string of the molecule is CC(C)N1CCCC(Cc2nccnc2-c2ccnn2C(C)C)C1. The maximum atomic E-state index is 4.68. The van der Waals surface area contributed by atoms with Crippen molar-refractivity contribution < 1.29 is 0 Å². The second-order valence-electron chi connectivity index (χ2n) is 7.41. The van der Waals surface area contributed by atoms with E-state index in [-0.39, 0.29) is 0 Å². The predicted molar refractivity (Wildman–Crippen MR) is 96.8 cm³/mol. The minimum Gasteiger partial charge on any atom is -0.301 e. The Balaban J connectivity index is 1.83. The van der Waals surface area contributed by atoms with Crippen LogP contribution >= 0.6 is 0 Å². The van der Waals surface area contributed by atoms with Crippen molar-refractivity contribution in [3.8, 4) is 11.4 Å². The Hall–Kier alpha value is -1.75. The first-order valence-electron chi connectivity index (χ1n) is 9.14. The summed E-state index contributed by atoms with van der Waals surface area (Å²) in [5, 5.41) is 4.46. The molecule has 3 heterocycles. The minimum absolute atomic E-state index is 0.316. The van der Waals surface area contributed by atoms with Gasteiger partial charge in [-0.2, -0.15) is 5.10 Å². The van der Waals surface area contributed by atoms with Gasteiger partial charge < -0.3 is 4.90 Å². The van der Waals surface area contributed by atoms with Crippen LogP contribution in [0.3, 0.4) is 0 Å². The Morgan fingerprint density at radius 3 is 2.62 bits per heavy atom. The highest BCUT2D eigenvalue weighted by molar-refractivity contribution is 5.57. The minimum atomic E-state index is 0.316. The van der Waals surface area contributed by atoms with Crippen LogP contribution < -0.4 is 0 Å². The number of aromatic nitrogens is 4. The summed E-state index contributed by atoms with van der Waals surface area (Å²) < 4.78 is 2.04. The molecule has 0 amide bonds. The molecule has 1 aliphatic heterocycles. The lowest BCUT2D eigenvalue weighted by molar-refractivity contribution is 0.139. The molecular formula is C19H29N5. The van der Waals surface area contributed by atoms with Gasteiger partial charge in [-0.25, -0.2) is 0 Å². The van der Waals surface area contributed by atoms with Gasteiger partial charge in [0.1, 0.15) is 5.69 Å². The van der Waals surface area contributed by atoms with Crippen LogP contribution in [0.25, 0.3) is 11.4 Å². The number of piperidine rings is 1. The van der Waals surface area contributed by atoms with Crippen LogP contribution in [0.5, 0.6) is 0 Å². The first kappa shape index (κ1) is 17.1. The number of nitrogens with zero attached hydrogens (tertiary/aromatic N) is 5. The average molecular weight is 327 g/mol. The van der Waals surface area contributed by atoms with E-state index in [1.807, 2.05) is 17.1 Å². The number of rotatable bonds is 5. The van der Waals surface area contributed by atoms with E-state index in [1.165, 1.54) is 19.4 Å². The quantitative estimate of drug-likeness (QED) is 0.842. The molecule has 2 aromatic rings. The summed E-state index contributed by atoms with van der Waals surface area (Å²) in [6.07, 6.45) is 9.02. The van der Waals surface area contributed by atoms with Crippen LogP contribution in [-0.2, 0) is 6.42 Å². The van der Waals surface area contributed by atoms with Gasteiger partial charge in [-0.05, 0) is 65.5 Å². The summed E-state index contributed by atoms with van der Waals surface area (Å²) in [6, 6.07) is 2.99. The van der Waals surface area contributed by atoms with Gasteiger partial charge >= 0.3 is 0 Å². The zero-order chi connectivity index (χ0) is 17.1. The average Bonchev–Trinajstić information content (AvgIpc) is 3.05. The molecule has 1 unspecified atom stereocenters. The topological polar surface area (TPSA) is 46.8 Å². The highest BCUT2D eigenvalue weighted by Crippen LogP contribution is 2.27. The van der Waals surface area contributed by atoms with Crippen molar-refractivity contribution in [2.24, 2.45) is 5.92 Å². The van der Waals surface area contributed by atoms with Crippen LogP contribution in [-0.4, -0.2) is 43.8 Å². The van der Waals surface area contributed by atoms with E-state index in [1.54, 1.807) is 6.20 Å². The normalized spacial score (nSPS) is 19.3. The van der Waals surface area contributed by atoms with E-state index in [9.17, 15) is 0 Å². The van der Waals surface area contributed by atoms with Gasteiger partial charge in [0.15, 0.2) is 0 Å². The molecule has 0 N–H and O–H groups in total. The molecule has 130 valence electrons. The first-order valence-corrected chi connectivity index (χ1v) is 9.14. The second kappa shape index (κ2) is 7.43. The Morgan fingerprint density at radius 2 is 1.88 bits per heavy atom. The molecule has 0 aliphatic carbocycles. The largest absolute Gasteiger partial charge is 0.301 e. The molecule has 0 aromatic carbocycles. The van der Waals surface area contributed by atoms with Crippen LogP contribution in [0.4, 0.5) is 0 Å². The van der Waals surface area contributed by atoms with Crippen LogP contribution in [0.2, 0.25) is 0 Å². The Labute approximate surface area is 145 Å². The lowest BCUT2D eigenvalue weighted by atomic mass is 9.91. The highest BCUT2D eigenvalue weighted by atomic mass is 15.3. The van der Waals surface area contributed by atoms with Crippen LogP contribution in [0, 0.1) is 5.92 Å². The van der Waals surface area contributed by atoms with E-state index in [0.29, 0.717) is 18.0 Å². The molecule has 0 bridgehead atoms. The smallest absolute Gasteiger partial charge is 0.110 e. The third-order valence-corrected chi connectivity index (χ3v) is 4.94. The lowest BCUT2D eigenvalue weighted by Gasteiger charge is -2.35. The molecule has 1 atom stereocenters. The molecule has 0 saturated carbocycles. The van der Waals surface area contributed by atoms with Crippen molar-refractivity contribution in [3.05, 3.63) is 30.4 Å². The summed E-state index contributed by atoms with van der Waals surface area (Å²) in [7, 11) is 0. The predicted octanol–water partition coefficient (Wildman–Crippen LogP) is 3.58. The molecule has 0 radical (unpaired) electrons. The summed E-state index contributed by atoms with van der Waals surface area (Å²) in [5.41, 5.74) is 3.17. The third kappa shape index (κ3) is 3.66. The Morgan fingerprint density at radius 1 is 1.08 bits per heavy atom. The van der Waals surface area contributed by atoms with E-state index in [0.717, 1.165) is 30.0 Å². The maximum Gasteiger partial charge on any atom is 0.110 e. The summed E-state index contributed by atoms with van der Waals surface area (Å²) in [6.45, 7) is 11.3. The molecule has 1 aliphatic rings. The molecule has 0 spiro atoms. The molecule has 5 nitrogen and oxygen atoms in total. The van der Waals surface area contributed by atoms with Crippen LogP contribution in [0.1, 0.15) is 52.3 Å². The van der Waals surface area contributed by atoms with Gasteiger partial charge in [0.25, 0.3) is 0 Å². The molecule has 2 aromatic heterocycles. The van der Waals surface area contributed by atoms with E-state index >= 15 is 0 Å². The summed E-state index contributed by atoms with van der Waals surface area (Å²) in [4.78, 5) is 11.9. The fraction of sp³-hybridized carbons (Fsp3) is 0.632. The Bertz CT molecular complexity index is 661. The Kier molecular flexibility index (Phi) is 5.29. The summed E-state index contributed by atoms with van der Waals surface area (Å²) >= 11 is 0. The third-order valence-electron chi connectivity index (χ3n) is 4.94. The molecule has 1 saturated heterocycles. The van der Waals surface area contributed by atoms with Gasteiger partial charge in [-0.1, -0.05) is 0 Å². The van der Waals surface area contributed by atoms with Crippen LogP contribution in [0.15, 0.2) is 24.7 Å². The monoisotopic (exact) mass is 327 g/mol. The van der Waals surface area contributed by atoms with Gasteiger partial charge in [-0.15, -0.1) is 0 Å².